The number of aromatic nitrogens is 1. The van der Waals surface area contributed by atoms with Crippen molar-refractivity contribution in [2.75, 3.05) is 5.32 Å². The lowest BCUT2D eigenvalue weighted by molar-refractivity contribution is 0.102. The lowest BCUT2D eigenvalue weighted by Gasteiger charge is -2.06. The monoisotopic (exact) mass is 393 g/mol. The number of hydrogen-bond donors (Lipinski definition) is 1. The van der Waals surface area contributed by atoms with Crippen LogP contribution in [0, 0.1) is 5.82 Å². The Morgan fingerprint density at radius 2 is 1.89 bits per heavy atom. The molecule has 5 nitrogen and oxygen atoms in total. The Balaban J connectivity index is 1.85. The number of para-hydroxylation sites is 1. The third-order valence-corrected chi connectivity index (χ3v) is 4.23. The van der Waals surface area contributed by atoms with E-state index >= 15 is 0 Å². The standard InChI is InChI=1S/C21H13ClFN3O2/c22-16-12-14(8-9-17(16)23)25-21-15(11-13-5-1-2-6-18(13)28-21)20(27)26-19-7-3-4-10-24-19/h1-12H,(H,24,26,27). The minimum atomic E-state index is -0.552. The number of fused-ring (bicyclic) bond motifs is 1. The normalized spacial score (nSPS) is 11.6. The van der Waals surface area contributed by atoms with Crippen molar-refractivity contribution < 1.29 is 13.6 Å². The zero-order valence-electron chi connectivity index (χ0n) is 14.4. The van der Waals surface area contributed by atoms with E-state index in [0.717, 1.165) is 5.39 Å². The van der Waals surface area contributed by atoms with Gasteiger partial charge in [-0.1, -0.05) is 35.9 Å². The Labute approximate surface area is 164 Å². The summed E-state index contributed by atoms with van der Waals surface area (Å²) >= 11 is 5.83. The van der Waals surface area contributed by atoms with Gasteiger partial charge >= 0.3 is 0 Å². The molecule has 0 aliphatic heterocycles. The molecule has 28 heavy (non-hydrogen) atoms. The van der Waals surface area contributed by atoms with Gasteiger partial charge in [0.05, 0.1) is 10.7 Å². The van der Waals surface area contributed by atoms with Crippen molar-refractivity contribution in [3.8, 4) is 0 Å². The zero-order valence-corrected chi connectivity index (χ0v) is 15.2. The Hall–Kier alpha value is -3.51. The van der Waals surface area contributed by atoms with E-state index in [1.165, 1.54) is 18.2 Å². The maximum Gasteiger partial charge on any atom is 0.262 e. The summed E-state index contributed by atoms with van der Waals surface area (Å²) < 4.78 is 19.3. The predicted octanol–water partition coefficient (Wildman–Crippen LogP) is 5.11. The molecule has 1 N–H and O–H groups in total. The third-order valence-electron chi connectivity index (χ3n) is 3.94. The number of rotatable bonds is 3. The van der Waals surface area contributed by atoms with Crippen LogP contribution in [0.3, 0.4) is 0 Å². The molecule has 0 aliphatic rings. The van der Waals surface area contributed by atoms with Crippen LogP contribution in [0.1, 0.15) is 10.4 Å². The summed E-state index contributed by atoms with van der Waals surface area (Å²) in [5.74, 6) is -0.583. The van der Waals surface area contributed by atoms with Crippen LogP contribution in [0.2, 0.25) is 5.02 Å². The Morgan fingerprint density at radius 1 is 1.07 bits per heavy atom. The van der Waals surface area contributed by atoms with E-state index < -0.39 is 11.7 Å². The number of nitrogens with one attached hydrogen (secondary N) is 1. The lowest BCUT2D eigenvalue weighted by Crippen LogP contribution is -2.22. The quantitative estimate of drug-likeness (QED) is 0.526. The van der Waals surface area contributed by atoms with Crippen molar-refractivity contribution in [3.05, 3.63) is 94.9 Å². The van der Waals surface area contributed by atoms with Gasteiger partial charge in [0, 0.05) is 11.6 Å². The first kappa shape index (κ1) is 17.9. The van der Waals surface area contributed by atoms with Gasteiger partial charge in [-0.05, 0) is 42.5 Å². The lowest BCUT2D eigenvalue weighted by atomic mass is 10.1. The van der Waals surface area contributed by atoms with E-state index in [1.807, 2.05) is 18.2 Å². The van der Waals surface area contributed by atoms with Crippen molar-refractivity contribution in [1.29, 1.82) is 0 Å². The zero-order chi connectivity index (χ0) is 19.5. The highest BCUT2D eigenvalue weighted by Gasteiger charge is 2.14. The average Bonchev–Trinajstić information content (AvgIpc) is 2.71. The summed E-state index contributed by atoms with van der Waals surface area (Å²) in [5, 5.41) is 3.39. The first-order chi connectivity index (χ1) is 13.6. The van der Waals surface area contributed by atoms with Gasteiger partial charge in [-0.3, -0.25) is 4.79 Å². The summed E-state index contributed by atoms with van der Waals surface area (Å²) in [6.07, 6.45) is 1.58. The van der Waals surface area contributed by atoms with Crippen molar-refractivity contribution in [2.24, 2.45) is 4.99 Å². The number of halogens is 2. The number of hydrogen-bond acceptors (Lipinski definition) is 4. The molecule has 138 valence electrons. The molecule has 7 heteroatoms. The largest absolute Gasteiger partial charge is 0.438 e. The Morgan fingerprint density at radius 3 is 2.68 bits per heavy atom. The number of pyridine rings is 1. The molecule has 0 aliphatic carbocycles. The van der Waals surface area contributed by atoms with Gasteiger partial charge in [0.2, 0.25) is 5.55 Å². The summed E-state index contributed by atoms with van der Waals surface area (Å²) in [6, 6.07) is 18.1. The summed E-state index contributed by atoms with van der Waals surface area (Å²) in [4.78, 5) is 21.3. The molecule has 4 aromatic rings. The molecule has 1 amide bonds. The fraction of sp³-hybridized carbons (Fsp3) is 0. The van der Waals surface area contributed by atoms with Gasteiger partial charge in [-0.2, -0.15) is 0 Å². The average molecular weight is 394 g/mol. The molecule has 0 unspecified atom stereocenters. The molecule has 4 rings (SSSR count). The molecule has 0 spiro atoms. The smallest absolute Gasteiger partial charge is 0.262 e. The molecule has 0 saturated heterocycles. The van der Waals surface area contributed by atoms with E-state index in [9.17, 15) is 9.18 Å². The highest BCUT2D eigenvalue weighted by atomic mass is 35.5. The van der Waals surface area contributed by atoms with Crippen LogP contribution >= 0.6 is 11.6 Å². The van der Waals surface area contributed by atoms with Gasteiger partial charge in [0.1, 0.15) is 22.8 Å². The summed E-state index contributed by atoms with van der Waals surface area (Å²) in [7, 11) is 0. The van der Waals surface area contributed by atoms with E-state index in [1.54, 1.807) is 36.5 Å². The molecule has 0 atom stereocenters. The van der Waals surface area contributed by atoms with Gasteiger partial charge < -0.3 is 9.73 Å². The summed E-state index contributed by atoms with van der Waals surface area (Å²) in [6.45, 7) is 0. The molecule has 0 bridgehead atoms. The van der Waals surface area contributed by atoms with E-state index in [-0.39, 0.29) is 16.1 Å². The number of benzene rings is 2. The van der Waals surface area contributed by atoms with E-state index in [0.29, 0.717) is 17.1 Å². The van der Waals surface area contributed by atoms with Crippen molar-refractivity contribution in [1.82, 2.24) is 4.98 Å². The molecule has 2 aromatic heterocycles. The van der Waals surface area contributed by atoms with Gasteiger partial charge in [0.15, 0.2) is 0 Å². The molecule has 0 saturated carbocycles. The van der Waals surface area contributed by atoms with Crippen molar-refractivity contribution >= 4 is 40.0 Å². The van der Waals surface area contributed by atoms with Gasteiger partial charge in [0.25, 0.3) is 5.91 Å². The SMILES string of the molecule is O=C(Nc1ccccn1)c1cc2ccccc2oc1=Nc1ccc(F)c(Cl)c1. The van der Waals surface area contributed by atoms with Crippen molar-refractivity contribution in [3.63, 3.8) is 0 Å². The number of anilines is 1. The van der Waals surface area contributed by atoms with Crippen LogP contribution in [0.25, 0.3) is 11.0 Å². The predicted molar refractivity (Wildman–Crippen MR) is 105 cm³/mol. The number of amides is 1. The maximum absolute atomic E-state index is 13.4. The fourth-order valence-electron chi connectivity index (χ4n) is 2.61. The van der Waals surface area contributed by atoms with Crippen LogP contribution < -0.4 is 10.9 Å². The maximum atomic E-state index is 13.4. The molecule has 0 radical (unpaired) electrons. The van der Waals surface area contributed by atoms with Gasteiger partial charge in [-0.15, -0.1) is 0 Å². The number of carbonyl (C=O) groups excluding carboxylic acids is 1. The highest BCUT2D eigenvalue weighted by Crippen LogP contribution is 2.22. The van der Waals surface area contributed by atoms with E-state index in [2.05, 4.69) is 15.3 Å². The second-order valence-corrected chi connectivity index (χ2v) is 6.29. The first-order valence-electron chi connectivity index (χ1n) is 8.35. The third kappa shape index (κ3) is 3.77. The van der Waals surface area contributed by atoms with Crippen LogP contribution in [0.4, 0.5) is 15.9 Å². The summed E-state index contributed by atoms with van der Waals surface area (Å²) in [5.41, 5.74) is 1.21. The second kappa shape index (κ2) is 7.62. The molecular weight excluding hydrogens is 381 g/mol. The second-order valence-electron chi connectivity index (χ2n) is 5.88. The Bertz CT molecular complexity index is 1240. The minimum Gasteiger partial charge on any atom is -0.438 e. The van der Waals surface area contributed by atoms with Crippen LogP contribution in [-0.4, -0.2) is 10.9 Å². The topological polar surface area (TPSA) is 67.5 Å². The van der Waals surface area contributed by atoms with Crippen LogP contribution in [0.5, 0.6) is 0 Å². The molecule has 0 fully saturated rings. The molecule has 2 aromatic carbocycles. The highest BCUT2D eigenvalue weighted by molar-refractivity contribution is 6.31. The van der Waals surface area contributed by atoms with Crippen LogP contribution in [-0.2, 0) is 0 Å². The number of nitrogens with zero attached hydrogens (tertiary/aromatic N) is 2. The van der Waals surface area contributed by atoms with E-state index in [4.69, 9.17) is 16.0 Å². The van der Waals surface area contributed by atoms with Crippen molar-refractivity contribution in [2.45, 2.75) is 0 Å². The molecule has 2 heterocycles. The number of carbonyl (C=O) groups is 1. The minimum absolute atomic E-state index is 0.0680. The van der Waals surface area contributed by atoms with Crippen LogP contribution in [0.15, 0.2) is 82.3 Å². The van der Waals surface area contributed by atoms with Gasteiger partial charge in [-0.25, -0.2) is 14.4 Å². The molecular formula is C21H13ClFN3O2. The Kier molecular flexibility index (Phi) is 4.87. The first-order valence-corrected chi connectivity index (χ1v) is 8.73. The fourth-order valence-corrected chi connectivity index (χ4v) is 2.78.